The Morgan fingerprint density at radius 1 is 0.850 bits per heavy atom. The Morgan fingerprint density at radius 2 is 1.48 bits per heavy atom. The number of unbranched alkanes of at least 4 members (excludes halogenated alkanes) is 2. The maximum absolute atomic E-state index is 13.4. The van der Waals surface area contributed by atoms with E-state index in [0.717, 1.165) is 37.9 Å². The van der Waals surface area contributed by atoms with Crippen molar-refractivity contribution in [2.75, 3.05) is 0 Å². The third-order valence-electron chi connectivity index (χ3n) is 8.27. The first kappa shape index (κ1) is 31.6. The molecule has 4 heteroatoms. The van der Waals surface area contributed by atoms with E-state index in [1.54, 1.807) is 6.92 Å². The number of nitrogens with zero attached hydrogens (tertiary/aromatic N) is 1. The van der Waals surface area contributed by atoms with Gasteiger partial charge in [0.1, 0.15) is 6.10 Å². The molecule has 3 aromatic rings. The number of rotatable bonds is 14. The van der Waals surface area contributed by atoms with Crippen LogP contribution in [-0.4, -0.2) is 28.1 Å². The van der Waals surface area contributed by atoms with Crippen molar-refractivity contribution in [2.45, 2.75) is 105 Å². The summed E-state index contributed by atoms with van der Waals surface area (Å²) in [4.78, 5) is 15.9. The molecule has 4 nitrogen and oxygen atoms in total. The van der Waals surface area contributed by atoms with Crippen LogP contribution >= 0.6 is 0 Å². The Morgan fingerprint density at radius 3 is 2.10 bits per heavy atom. The fraction of sp³-hybridized carbons (Fsp3) is 0.472. The van der Waals surface area contributed by atoms with Gasteiger partial charge in [-0.2, -0.15) is 0 Å². The fourth-order valence-electron chi connectivity index (χ4n) is 5.53. The van der Waals surface area contributed by atoms with Gasteiger partial charge in [-0.25, -0.2) is 0 Å². The van der Waals surface area contributed by atoms with Gasteiger partial charge in [0.2, 0.25) is 0 Å². The molecule has 3 aromatic carbocycles. The van der Waals surface area contributed by atoms with Gasteiger partial charge in [-0.05, 0) is 81.3 Å². The minimum absolute atomic E-state index is 0.115. The minimum atomic E-state index is -0.702. The zero-order valence-electron chi connectivity index (χ0n) is 25.6. The molecule has 0 aliphatic rings. The van der Waals surface area contributed by atoms with Crippen molar-refractivity contribution >= 4 is 5.97 Å². The van der Waals surface area contributed by atoms with Crippen LogP contribution in [0.2, 0.25) is 0 Å². The zero-order valence-corrected chi connectivity index (χ0v) is 25.6. The van der Waals surface area contributed by atoms with E-state index in [4.69, 9.17) is 4.74 Å². The maximum Gasteiger partial charge on any atom is 0.311 e. The first-order valence-corrected chi connectivity index (χ1v) is 14.9. The van der Waals surface area contributed by atoms with Gasteiger partial charge < -0.3 is 9.84 Å². The summed E-state index contributed by atoms with van der Waals surface area (Å²) in [7, 11) is 0. The molecule has 0 aliphatic carbocycles. The van der Waals surface area contributed by atoms with E-state index in [9.17, 15) is 9.90 Å². The molecular formula is C36H49NO3. The number of aryl methyl sites for hydroxylation is 4. The van der Waals surface area contributed by atoms with Crippen molar-refractivity contribution in [3.8, 4) is 0 Å². The van der Waals surface area contributed by atoms with Gasteiger partial charge in [0.15, 0.2) is 0 Å². The molecule has 216 valence electrons. The van der Waals surface area contributed by atoms with E-state index in [0.29, 0.717) is 6.42 Å². The van der Waals surface area contributed by atoms with Crippen molar-refractivity contribution in [2.24, 2.45) is 5.92 Å². The van der Waals surface area contributed by atoms with Crippen LogP contribution in [0.1, 0.15) is 91.5 Å². The lowest BCUT2D eigenvalue weighted by molar-refractivity contribution is -0.161. The lowest BCUT2D eigenvalue weighted by atomic mass is 9.95. The Labute approximate surface area is 242 Å². The second-order valence-corrected chi connectivity index (χ2v) is 11.6. The molecule has 0 fully saturated rings. The second-order valence-electron chi connectivity index (χ2n) is 11.6. The first-order valence-electron chi connectivity index (χ1n) is 14.9. The Bertz CT molecular complexity index is 1200. The van der Waals surface area contributed by atoms with Crippen molar-refractivity contribution in [3.05, 3.63) is 106 Å². The molecular weight excluding hydrogens is 494 g/mol. The smallest absolute Gasteiger partial charge is 0.311 e. The standard InChI is InChI=1S/C36H49NO3/c1-8-9-11-20-34(38)29(6)36(39)40-35(31-17-12-10-13-18-31)30(7)37(23-32-19-15-14-16-26(32)3)24-33-27(4)21-25(2)22-28(33)5/h10,12-19,21-22,29-30,34-35,38H,8-9,11,20,23-24H2,1-7H3/t29-,30-,34-,35-/m0/s1. The van der Waals surface area contributed by atoms with Gasteiger partial charge in [0.05, 0.1) is 12.0 Å². The van der Waals surface area contributed by atoms with Crippen molar-refractivity contribution in [1.82, 2.24) is 4.90 Å². The molecule has 40 heavy (non-hydrogen) atoms. The second kappa shape index (κ2) is 15.2. The van der Waals surface area contributed by atoms with E-state index in [1.165, 1.54) is 33.4 Å². The molecule has 0 aliphatic heterocycles. The maximum atomic E-state index is 13.4. The largest absolute Gasteiger partial charge is 0.456 e. The summed E-state index contributed by atoms with van der Waals surface area (Å²) in [5.41, 5.74) is 8.59. The van der Waals surface area contributed by atoms with Crippen LogP contribution in [0.4, 0.5) is 0 Å². The van der Waals surface area contributed by atoms with E-state index < -0.39 is 18.1 Å². The number of esters is 1. The topological polar surface area (TPSA) is 49.8 Å². The van der Waals surface area contributed by atoms with E-state index in [-0.39, 0.29) is 12.0 Å². The molecule has 0 saturated carbocycles. The van der Waals surface area contributed by atoms with Crippen molar-refractivity contribution < 1.29 is 14.6 Å². The minimum Gasteiger partial charge on any atom is -0.456 e. The van der Waals surface area contributed by atoms with Gasteiger partial charge in [0, 0.05) is 19.1 Å². The van der Waals surface area contributed by atoms with Crippen LogP contribution < -0.4 is 0 Å². The van der Waals surface area contributed by atoms with Gasteiger partial charge >= 0.3 is 5.97 Å². The monoisotopic (exact) mass is 543 g/mol. The highest BCUT2D eigenvalue weighted by Gasteiger charge is 2.32. The van der Waals surface area contributed by atoms with E-state index >= 15 is 0 Å². The van der Waals surface area contributed by atoms with Crippen LogP contribution in [0.3, 0.4) is 0 Å². The van der Waals surface area contributed by atoms with E-state index in [1.807, 2.05) is 30.3 Å². The van der Waals surface area contributed by atoms with Crippen molar-refractivity contribution in [1.29, 1.82) is 0 Å². The van der Waals surface area contributed by atoms with Crippen LogP contribution in [-0.2, 0) is 22.6 Å². The molecule has 0 spiro atoms. The van der Waals surface area contributed by atoms with Gasteiger partial charge in [-0.3, -0.25) is 9.69 Å². The molecule has 3 rings (SSSR count). The lowest BCUT2D eigenvalue weighted by Crippen LogP contribution is -2.40. The number of aliphatic hydroxyl groups excluding tert-OH is 1. The Hall–Kier alpha value is -2.95. The number of carbonyl (C=O) groups excluding carboxylic acids is 1. The average Bonchev–Trinajstić information content (AvgIpc) is 2.93. The quantitative estimate of drug-likeness (QED) is 0.165. The number of benzene rings is 3. The average molecular weight is 544 g/mol. The predicted octanol–water partition coefficient (Wildman–Crippen LogP) is 8.17. The van der Waals surface area contributed by atoms with Crippen LogP contribution in [0.5, 0.6) is 0 Å². The highest BCUT2D eigenvalue weighted by Crippen LogP contribution is 2.31. The lowest BCUT2D eigenvalue weighted by Gasteiger charge is -2.36. The van der Waals surface area contributed by atoms with E-state index in [2.05, 4.69) is 82.8 Å². The summed E-state index contributed by atoms with van der Waals surface area (Å²) >= 11 is 0. The number of hydrogen-bond donors (Lipinski definition) is 1. The molecule has 0 aromatic heterocycles. The normalized spacial score (nSPS) is 14.5. The van der Waals surface area contributed by atoms with Crippen LogP contribution in [0, 0.1) is 33.6 Å². The number of carbonyl (C=O) groups is 1. The fourth-order valence-corrected chi connectivity index (χ4v) is 5.53. The van der Waals surface area contributed by atoms with Gasteiger partial charge in [-0.15, -0.1) is 0 Å². The van der Waals surface area contributed by atoms with Crippen molar-refractivity contribution in [3.63, 3.8) is 0 Å². The number of aliphatic hydroxyl groups is 1. The zero-order chi connectivity index (χ0) is 29.2. The van der Waals surface area contributed by atoms with Gasteiger partial charge in [0.25, 0.3) is 0 Å². The van der Waals surface area contributed by atoms with Gasteiger partial charge in [-0.1, -0.05) is 98.5 Å². The molecule has 4 atom stereocenters. The summed E-state index contributed by atoms with van der Waals surface area (Å²) < 4.78 is 6.31. The molecule has 0 unspecified atom stereocenters. The predicted molar refractivity (Wildman–Crippen MR) is 165 cm³/mol. The summed E-state index contributed by atoms with van der Waals surface area (Å²) in [6, 6.07) is 22.9. The highest BCUT2D eigenvalue weighted by molar-refractivity contribution is 5.73. The molecule has 0 amide bonds. The van der Waals surface area contributed by atoms with Crippen LogP contribution in [0.15, 0.2) is 66.7 Å². The molecule has 0 bridgehead atoms. The molecule has 0 radical (unpaired) electrons. The highest BCUT2D eigenvalue weighted by atomic mass is 16.5. The summed E-state index contributed by atoms with van der Waals surface area (Å²) in [6.45, 7) is 16.2. The molecule has 0 saturated heterocycles. The number of hydrogen-bond acceptors (Lipinski definition) is 4. The third-order valence-corrected chi connectivity index (χ3v) is 8.27. The summed E-state index contributed by atoms with van der Waals surface area (Å²) in [6.07, 6.45) is 2.47. The number of ether oxygens (including phenoxy) is 1. The van der Waals surface area contributed by atoms with Crippen LogP contribution in [0.25, 0.3) is 0 Å². The Balaban J connectivity index is 1.96. The molecule has 0 heterocycles. The summed E-state index contributed by atoms with van der Waals surface area (Å²) in [5, 5.41) is 10.7. The summed E-state index contributed by atoms with van der Waals surface area (Å²) in [5.74, 6) is -0.926. The SMILES string of the molecule is CCCCC[C@H](O)[C@H](C)C(=O)O[C@H](c1ccccc1)[C@H](C)N(Cc1ccccc1C)Cc1c(C)cc(C)cc1C. The third kappa shape index (κ3) is 8.52. The first-order chi connectivity index (χ1) is 19.1. The molecule has 1 N–H and O–H groups in total. The Kier molecular flexibility index (Phi) is 12.0.